The van der Waals surface area contributed by atoms with Crippen molar-refractivity contribution < 1.29 is 20.4 Å². The Morgan fingerprint density at radius 3 is 1.96 bits per heavy atom. The lowest BCUT2D eigenvalue weighted by Crippen LogP contribution is -2.44. The van der Waals surface area contributed by atoms with E-state index in [1.54, 1.807) is 24.3 Å². The summed E-state index contributed by atoms with van der Waals surface area (Å²) in [5, 5.41) is 46.7. The van der Waals surface area contributed by atoms with E-state index in [1.165, 1.54) is 6.21 Å². The van der Waals surface area contributed by atoms with Crippen LogP contribution in [0.25, 0.3) is 0 Å². The van der Waals surface area contributed by atoms with Crippen LogP contribution in [0, 0.1) is 0 Å². The van der Waals surface area contributed by atoms with Gasteiger partial charge in [0, 0.05) is 0 Å². The number of nitrogens with zero attached hydrogens (tertiary/aromatic N) is 2. The van der Waals surface area contributed by atoms with Crippen LogP contribution in [-0.4, -0.2) is 57.3 Å². The number of aliphatic hydroxyl groups is 4. The fraction of sp³-hybridized carbons (Fsp3) is 0.222. The molecule has 138 valence electrons. The number of benzene rings is 2. The van der Waals surface area contributed by atoms with Crippen molar-refractivity contribution in [3.05, 3.63) is 60.7 Å². The van der Waals surface area contributed by atoms with Gasteiger partial charge in [0.05, 0.1) is 24.2 Å². The maximum absolute atomic E-state index is 10.2. The van der Waals surface area contributed by atoms with E-state index in [-0.39, 0.29) is 5.71 Å². The molecule has 0 aliphatic heterocycles. The second-order valence-electron chi connectivity index (χ2n) is 5.44. The summed E-state index contributed by atoms with van der Waals surface area (Å²) in [5.41, 5.74) is 6.87. The molecule has 0 amide bonds. The van der Waals surface area contributed by atoms with Crippen molar-refractivity contribution in [1.29, 1.82) is 0 Å². The van der Waals surface area contributed by atoms with E-state index < -0.39 is 24.9 Å². The summed E-state index contributed by atoms with van der Waals surface area (Å²) in [4.78, 5) is 0. The predicted molar refractivity (Wildman–Crippen MR) is 101 cm³/mol. The zero-order chi connectivity index (χ0) is 18.8. The van der Waals surface area contributed by atoms with Crippen molar-refractivity contribution in [3.63, 3.8) is 0 Å². The molecular weight excluding hydrogens is 336 g/mol. The number of hydrogen-bond acceptors (Lipinski definition) is 8. The first kappa shape index (κ1) is 19.5. The molecule has 8 heteroatoms. The van der Waals surface area contributed by atoms with Crippen molar-refractivity contribution in [2.45, 2.75) is 18.3 Å². The van der Waals surface area contributed by atoms with Crippen LogP contribution in [0.2, 0.25) is 0 Å². The van der Waals surface area contributed by atoms with E-state index in [4.69, 9.17) is 5.11 Å². The second-order valence-corrected chi connectivity index (χ2v) is 5.44. The van der Waals surface area contributed by atoms with Crippen LogP contribution in [-0.2, 0) is 0 Å². The zero-order valence-electron chi connectivity index (χ0n) is 14.0. The number of nitrogens with one attached hydrogen (secondary N) is 2. The zero-order valence-corrected chi connectivity index (χ0v) is 14.0. The maximum Gasteiger partial charge on any atom is 0.128 e. The fourth-order valence-electron chi connectivity index (χ4n) is 1.99. The van der Waals surface area contributed by atoms with Crippen LogP contribution < -0.4 is 10.9 Å². The highest BCUT2D eigenvalue weighted by atomic mass is 16.4. The summed E-state index contributed by atoms with van der Waals surface area (Å²) < 4.78 is 0. The summed E-state index contributed by atoms with van der Waals surface area (Å²) in [7, 11) is 0. The molecule has 2 aromatic rings. The molecule has 0 unspecified atom stereocenters. The highest BCUT2D eigenvalue weighted by Crippen LogP contribution is 2.08. The molecular formula is C18H22N4O4. The molecule has 2 rings (SSSR count). The first-order valence-electron chi connectivity index (χ1n) is 7.99. The van der Waals surface area contributed by atoms with Crippen LogP contribution in [0.5, 0.6) is 0 Å². The maximum atomic E-state index is 10.2. The average Bonchev–Trinajstić information content (AvgIpc) is 2.70. The Morgan fingerprint density at radius 2 is 1.42 bits per heavy atom. The van der Waals surface area contributed by atoms with Gasteiger partial charge in [-0.1, -0.05) is 36.4 Å². The van der Waals surface area contributed by atoms with Crippen LogP contribution >= 0.6 is 0 Å². The largest absolute Gasteiger partial charge is 0.394 e. The Balaban J connectivity index is 2.14. The standard InChI is InChI=1S/C18H22N4O4/c23-12-16(24)18(26)17(25)15(22-21-14-9-5-2-6-10-14)11-19-20-13-7-3-1-4-8-13/h1-11,16-18,20-21,23-26H,12H2/b19-11-,22-15+/t16-,17-,18+/m1/s1. The Kier molecular flexibility index (Phi) is 7.72. The summed E-state index contributed by atoms with van der Waals surface area (Å²) in [6, 6.07) is 18.1. The van der Waals surface area contributed by atoms with Gasteiger partial charge in [0.15, 0.2) is 0 Å². The minimum Gasteiger partial charge on any atom is -0.394 e. The van der Waals surface area contributed by atoms with Gasteiger partial charge in [0.2, 0.25) is 0 Å². The first-order chi connectivity index (χ1) is 12.6. The number of hydrazone groups is 2. The minimum atomic E-state index is -1.63. The molecule has 0 fully saturated rings. The third-order valence-electron chi connectivity index (χ3n) is 3.46. The average molecular weight is 358 g/mol. The Hall–Kier alpha value is -2.78. The Morgan fingerprint density at radius 1 is 0.885 bits per heavy atom. The summed E-state index contributed by atoms with van der Waals surface area (Å²) in [6.45, 7) is -0.697. The summed E-state index contributed by atoms with van der Waals surface area (Å²) >= 11 is 0. The first-order valence-corrected chi connectivity index (χ1v) is 7.99. The van der Waals surface area contributed by atoms with Gasteiger partial charge in [-0.3, -0.25) is 10.9 Å². The highest BCUT2D eigenvalue weighted by Gasteiger charge is 2.27. The molecule has 0 spiro atoms. The molecule has 0 saturated heterocycles. The molecule has 0 aromatic heterocycles. The van der Waals surface area contributed by atoms with Crippen LogP contribution in [0.4, 0.5) is 11.4 Å². The van der Waals surface area contributed by atoms with E-state index >= 15 is 0 Å². The lowest BCUT2D eigenvalue weighted by Gasteiger charge is -2.21. The van der Waals surface area contributed by atoms with Crippen molar-refractivity contribution in [2.24, 2.45) is 10.2 Å². The smallest absolute Gasteiger partial charge is 0.128 e. The topological polar surface area (TPSA) is 130 Å². The van der Waals surface area contributed by atoms with E-state index in [9.17, 15) is 15.3 Å². The molecule has 0 saturated carbocycles. The van der Waals surface area contributed by atoms with Crippen LogP contribution in [0.1, 0.15) is 0 Å². The summed E-state index contributed by atoms with van der Waals surface area (Å²) in [5.74, 6) is 0. The van der Waals surface area contributed by atoms with Crippen LogP contribution in [0.15, 0.2) is 70.9 Å². The number of para-hydroxylation sites is 2. The summed E-state index contributed by atoms with van der Waals surface area (Å²) in [6.07, 6.45) is -3.47. The normalized spacial score (nSPS) is 15.5. The van der Waals surface area contributed by atoms with Gasteiger partial charge in [-0.2, -0.15) is 10.2 Å². The molecule has 6 N–H and O–H groups in total. The quantitative estimate of drug-likeness (QED) is 0.288. The fourth-order valence-corrected chi connectivity index (χ4v) is 1.99. The van der Waals surface area contributed by atoms with Crippen LogP contribution in [0.3, 0.4) is 0 Å². The Bertz CT molecular complexity index is 710. The SMILES string of the molecule is OC[C@@H](O)[C@H](O)[C@H](O)C(/C=N\Nc1ccccc1)=N/Nc1ccccc1. The van der Waals surface area contributed by atoms with E-state index in [0.29, 0.717) is 5.69 Å². The highest BCUT2D eigenvalue weighted by molar-refractivity contribution is 6.33. The molecule has 0 bridgehead atoms. The lowest BCUT2D eigenvalue weighted by molar-refractivity contribution is -0.0548. The molecule has 26 heavy (non-hydrogen) atoms. The van der Waals surface area contributed by atoms with Gasteiger partial charge >= 0.3 is 0 Å². The molecule has 2 aromatic carbocycles. The van der Waals surface area contributed by atoms with Crippen molar-refractivity contribution >= 4 is 23.3 Å². The lowest BCUT2D eigenvalue weighted by atomic mass is 10.0. The predicted octanol–water partition coefficient (Wildman–Crippen LogP) is 0.627. The van der Waals surface area contributed by atoms with Gasteiger partial charge in [0.1, 0.15) is 24.0 Å². The second kappa shape index (κ2) is 10.3. The van der Waals surface area contributed by atoms with Crippen molar-refractivity contribution in [1.82, 2.24) is 0 Å². The minimum absolute atomic E-state index is 0.0303. The number of aliphatic hydroxyl groups excluding tert-OH is 4. The van der Waals surface area contributed by atoms with Gasteiger partial charge in [-0.15, -0.1) is 0 Å². The molecule has 0 aliphatic rings. The van der Waals surface area contributed by atoms with Gasteiger partial charge < -0.3 is 20.4 Å². The van der Waals surface area contributed by atoms with E-state index in [0.717, 1.165) is 5.69 Å². The number of rotatable bonds is 9. The third-order valence-corrected chi connectivity index (χ3v) is 3.46. The molecule has 0 heterocycles. The van der Waals surface area contributed by atoms with E-state index in [2.05, 4.69) is 21.1 Å². The molecule has 8 nitrogen and oxygen atoms in total. The number of anilines is 2. The monoisotopic (exact) mass is 358 g/mol. The molecule has 0 aliphatic carbocycles. The van der Waals surface area contributed by atoms with Crippen molar-refractivity contribution in [3.8, 4) is 0 Å². The third kappa shape index (κ3) is 5.94. The number of hydrogen-bond donors (Lipinski definition) is 6. The Labute approximate surface area is 151 Å². The van der Waals surface area contributed by atoms with Gasteiger partial charge in [0.25, 0.3) is 0 Å². The molecule has 0 radical (unpaired) electrons. The van der Waals surface area contributed by atoms with Gasteiger partial charge in [-0.05, 0) is 24.3 Å². The van der Waals surface area contributed by atoms with Gasteiger partial charge in [-0.25, -0.2) is 0 Å². The molecule has 3 atom stereocenters. The van der Waals surface area contributed by atoms with E-state index in [1.807, 2.05) is 36.4 Å². The van der Waals surface area contributed by atoms with Crippen molar-refractivity contribution in [2.75, 3.05) is 17.5 Å².